The lowest BCUT2D eigenvalue weighted by Gasteiger charge is -2.58. The smallest absolute Gasteiger partial charge is 0.190 e. The zero-order valence-corrected chi connectivity index (χ0v) is 40.3. The standard InChI is InChI=1S/C14Cl29O/c15-1(16,3(19,20)5(23,24)7(27,28)9(31,32)11(35,36)13(39,40)41)2(17,18)4(21,22)6(25,26)8(29,30)10(33,34)12(37,38)14(42,43)44. The summed E-state index contributed by atoms with van der Waals surface area (Å²) in [6, 6.07) is 0. The van der Waals surface area contributed by atoms with E-state index in [9.17, 15) is 5.11 Å². The normalized spacial score (nSPS) is 17.3. The molecule has 0 fully saturated rings. The molecule has 0 aliphatic rings. The number of hydrogen-bond donors (Lipinski definition) is 0. The molecule has 0 aliphatic carbocycles. The third-order valence-corrected chi connectivity index (χ3v) is 25.3. The Kier molecular flexibility index (Phi) is 18.2. The molecule has 0 aromatic carbocycles. The van der Waals surface area contributed by atoms with Crippen molar-refractivity contribution in [2.24, 2.45) is 0 Å². The Hall–Kier alpha value is 8.37. The average molecular weight is 1210 g/mol. The lowest BCUT2D eigenvalue weighted by Crippen LogP contribution is -2.75. The van der Waals surface area contributed by atoms with Gasteiger partial charge in [0, 0.05) is 0 Å². The molecule has 0 aliphatic heterocycles. The third-order valence-electron chi connectivity index (χ3n) is 5.06. The van der Waals surface area contributed by atoms with E-state index in [1.807, 2.05) is 0 Å². The van der Waals surface area contributed by atoms with Gasteiger partial charge in [0.2, 0.25) is 12.5 Å². The largest absolute Gasteiger partial charge is 0.286 e. The number of halogens is 29. The van der Waals surface area contributed by atoms with Crippen LogP contribution >= 0.6 is 336 Å². The van der Waals surface area contributed by atoms with Crippen molar-refractivity contribution >= 4 is 336 Å². The van der Waals surface area contributed by atoms with Gasteiger partial charge >= 0.3 is 0 Å². The Bertz CT molecular complexity index is 969. The zero-order chi connectivity index (χ0) is 37.0. The molecule has 0 spiro atoms. The van der Waals surface area contributed by atoms with Crippen LogP contribution < -0.4 is 0 Å². The first-order chi connectivity index (χ1) is 18.2. The highest BCUT2D eigenvalue weighted by atomic mass is 35.6. The van der Waals surface area contributed by atoms with Crippen molar-refractivity contribution < 1.29 is 5.11 Å². The van der Waals surface area contributed by atoms with Crippen LogP contribution in [-0.4, -0.2) is 60.3 Å². The van der Waals surface area contributed by atoms with Crippen LogP contribution in [0.5, 0.6) is 0 Å². The Morgan fingerprint density at radius 3 is 0.409 bits per heavy atom. The van der Waals surface area contributed by atoms with Crippen molar-refractivity contribution in [3.05, 3.63) is 0 Å². The van der Waals surface area contributed by atoms with Crippen LogP contribution in [0, 0.1) is 0 Å². The molecule has 0 saturated heterocycles. The lowest BCUT2D eigenvalue weighted by atomic mass is 9.98. The molecule has 0 bridgehead atoms. The van der Waals surface area contributed by atoms with E-state index in [1.165, 1.54) is 0 Å². The Morgan fingerprint density at radius 2 is 0.295 bits per heavy atom. The molecule has 30 heteroatoms. The molecule has 0 atom stereocenters. The van der Waals surface area contributed by atoms with Gasteiger partial charge in [0.25, 0.3) is 4.52 Å². The van der Waals surface area contributed by atoms with E-state index in [-0.39, 0.29) is 0 Å². The van der Waals surface area contributed by atoms with Gasteiger partial charge in [0.15, 0.2) is 43.3 Å². The van der Waals surface area contributed by atoms with Gasteiger partial charge in [-0.3, -0.25) is 0 Å². The van der Waals surface area contributed by atoms with Gasteiger partial charge in [0.05, 0.1) is 0 Å². The summed E-state index contributed by atoms with van der Waals surface area (Å²) >= 11 is 179. The predicted octanol–water partition coefficient (Wildman–Crippen LogP) is 17.0. The quantitative estimate of drug-likeness (QED) is 0.174. The molecule has 0 aromatic heterocycles. The van der Waals surface area contributed by atoms with Gasteiger partial charge in [-0.25, -0.2) is 0 Å². The fourth-order valence-corrected chi connectivity index (χ4v) is 11.7. The van der Waals surface area contributed by atoms with E-state index >= 15 is 0 Å². The SMILES string of the molecule is [O]C(Cl)(Cl)C(Cl)(Cl)C(Cl)(Cl)C(Cl)(Cl)C(Cl)(Cl)C(Cl)(Cl)C(Cl)(Cl)C(Cl)(Cl)C(Cl)(Cl)C(Cl)(Cl)C(Cl)(Cl)C(Cl)(Cl)C(Cl)(Cl)C(Cl)(Cl)Cl. The van der Waals surface area contributed by atoms with E-state index in [1.54, 1.807) is 0 Å². The maximum absolute atomic E-state index is 12.3. The van der Waals surface area contributed by atoms with Crippen molar-refractivity contribution in [2.45, 2.75) is 60.3 Å². The molecule has 265 valence electrons. The van der Waals surface area contributed by atoms with Crippen LogP contribution in [0.2, 0.25) is 0 Å². The van der Waals surface area contributed by atoms with E-state index in [4.69, 9.17) is 336 Å². The highest BCUT2D eigenvalue weighted by molar-refractivity contribution is 6.85. The minimum absolute atomic E-state index is 2.81. The fraction of sp³-hybridized carbons (Fsp3) is 1.00. The van der Waals surface area contributed by atoms with Crippen molar-refractivity contribution in [1.29, 1.82) is 0 Å². The van der Waals surface area contributed by atoms with Gasteiger partial charge in [-0.05, 0) is 0 Å². The molecule has 44 heavy (non-hydrogen) atoms. The van der Waals surface area contributed by atoms with E-state index in [2.05, 4.69) is 0 Å². The molecule has 1 radical (unpaired) electrons. The van der Waals surface area contributed by atoms with Crippen molar-refractivity contribution in [3.63, 3.8) is 0 Å². The topological polar surface area (TPSA) is 19.9 Å². The molecule has 0 amide bonds. The van der Waals surface area contributed by atoms with E-state index in [0.29, 0.717) is 0 Å². The van der Waals surface area contributed by atoms with Gasteiger partial charge in [0.1, 0.15) is 0 Å². The second-order valence-corrected chi connectivity index (χ2v) is 27.4. The van der Waals surface area contributed by atoms with Crippen LogP contribution in [-0.2, 0) is 5.11 Å². The molecule has 0 saturated carbocycles. The second-order valence-electron chi connectivity index (χ2n) is 7.91. The summed E-state index contributed by atoms with van der Waals surface area (Å²) in [7, 11) is 0. The predicted molar refractivity (Wildman–Crippen MR) is 209 cm³/mol. The molecule has 0 unspecified atom stereocenters. The van der Waals surface area contributed by atoms with Crippen molar-refractivity contribution in [2.75, 3.05) is 0 Å². The fourth-order valence-electron chi connectivity index (χ4n) is 2.33. The Morgan fingerprint density at radius 1 is 0.182 bits per heavy atom. The van der Waals surface area contributed by atoms with Gasteiger partial charge in [-0.2, -0.15) is 5.11 Å². The highest BCUT2D eigenvalue weighted by Crippen LogP contribution is 2.77. The van der Waals surface area contributed by atoms with Crippen LogP contribution in [0.1, 0.15) is 0 Å². The van der Waals surface area contributed by atoms with E-state index < -0.39 is 60.3 Å². The summed E-state index contributed by atoms with van der Waals surface area (Å²) in [6.07, 6.45) is 0. The first-order valence-corrected chi connectivity index (χ1v) is 19.9. The average Bonchev–Trinajstić information content (AvgIpc) is 2.75. The summed E-state index contributed by atoms with van der Waals surface area (Å²) in [6.45, 7) is 0. The number of rotatable bonds is 12. The van der Waals surface area contributed by atoms with Gasteiger partial charge in [-0.15, -0.1) is 0 Å². The van der Waals surface area contributed by atoms with Crippen molar-refractivity contribution in [3.8, 4) is 0 Å². The second kappa shape index (κ2) is 15.3. The molecule has 0 aromatic rings. The lowest BCUT2D eigenvalue weighted by molar-refractivity contribution is 0.0980. The van der Waals surface area contributed by atoms with Gasteiger partial charge in [-0.1, -0.05) is 336 Å². The minimum atomic E-state index is -3.55. The summed E-state index contributed by atoms with van der Waals surface area (Å²) in [5.74, 6) is 0. The number of alkyl halides is 29. The summed E-state index contributed by atoms with van der Waals surface area (Å²) in [5, 5.41) is 12.3. The van der Waals surface area contributed by atoms with E-state index in [0.717, 1.165) is 0 Å². The maximum atomic E-state index is 12.3. The Balaban J connectivity index is 7.52. The highest BCUT2D eigenvalue weighted by Gasteiger charge is 2.86. The first kappa shape index (κ1) is 52.4. The summed E-state index contributed by atoms with van der Waals surface area (Å²) < 4.78 is -47.2. The minimum Gasteiger partial charge on any atom is -0.190 e. The number of hydrogen-bond acceptors (Lipinski definition) is 0. The first-order valence-electron chi connectivity index (χ1n) is 8.93. The summed E-state index contributed by atoms with van der Waals surface area (Å²) in [5.41, 5.74) is 0. The molecule has 1 nitrogen and oxygen atoms in total. The van der Waals surface area contributed by atoms with Crippen LogP contribution in [0.15, 0.2) is 0 Å². The van der Waals surface area contributed by atoms with Crippen LogP contribution in [0.25, 0.3) is 0 Å². The molecular formula is C14Cl29O. The van der Waals surface area contributed by atoms with Crippen molar-refractivity contribution in [1.82, 2.24) is 0 Å². The van der Waals surface area contributed by atoms with Crippen LogP contribution in [0.4, 0.5) is 0 Å². The maximum Gasteiger partial charge on any atom is 0.286 e. The third kappa shape index (κ3) is 7.81. The monoisotopic (exact) mass is 1200 g/mol. The molecular weight excluding hydrogens is 1210 g/mol. The summed E-state index contributed by atoms with van der Waals surface area (Å²) in [4.78, 5) is 0. The van der Waals surface area contributed by atoms with Gasteiger partial charge < -0.3 is 0 Å². The molecule has 0 N–H and O–H groups in total. The molecule has 0 heterocycles. The molecule has 0 rings (SSSR count). The zero-order valence-electron chi connectivity index (χ0n) is 18.4. The van der Waals surface area contributed by atoms with Crippen LogP contribution in [0.3, 0.4) is 0 Å². The Labute approximate surface area is 395 Å².